The Labute approximate surface area is 198 Å². The van der Waals surface area contributed by atoms with Crippen LogP contribution in [0.15, 0.2) is 12.1 Å². The van der Waals surface area contributed by atoms with Crippen molar-refractivity contribution in [3.8, 4) is 5.75 Å². The van der Waals surface area contributed by atoms with Crippen molar-refractivity contribution in [2.45, 2.75) is 85.4 Å². The molecule has 0 amide bonds. The van der Waals surface area contributed by atoms with Crippen LogP contribution in [0.4, 0.5) is 13.2 Å². The van der Waals surface area contributed by atoms with E-state index in [4.69, 9.17) is 4.74 Å². The molecule has 0 radical (unpaired) electrons. The van der Waals surface area contributed by atoms with Crippen LogP contribution in [-0.4, -0.2) is 23.6 Å². The summed E-state index contributed by atoms with van der Waals surface area (Å²) in [6.07, 6.45) is -1.99. The zero-order valence-corrected chi connectivity index (χ0v) is 20.8. The van der Waals surface area contributed by atoms with E-state index in [0.29, 0.717) is 41.7 Å². The van der Waals surface area contributed by atoms with Crippen molar-refractivity contribution >= 4 is 17.1 Å². The van der Waals surface area contributed by atoms with Gasteiger partial charge in [-0.3, -0.25) is 4.79 Å². The van der Waals surface area contributed by atoms with Gasteiger partial charge >= 0.3 is 6.18 Å². The van der Waals surface area contributed by atoms with Gasteiger partial charge in [0.05, 0.1) is 11.0 Å². The fourth-order valence-corrected chi connectivity index (χ4v) is 5.75. The molecule has 1 unspecified atom stereocenters. The highest BCUT2D eigenvalue weighted by molar-refractivity contribution is 7.14. The average molecular weight is 483 g/mol. The molecule has 1 aromatic carbocycles. The van der Waals surface area contributed by atoms with Crippen LogP contribution in [-0.2, 0) is 31.9 Å². The molecule has 1 atom stereocenters. The SMILES string of the molecule is CCc1cc(CCC(=O)c2sc(C(F)(F)F)c3c2CCC(C)(C)C3)cc(C)c1OCC(C)O. The van der Waals surface area contributed by atoms with Gasteiger partial charge in [-0.1, -0.05) is 32.9 Å². The van der Waals surface area contributed by atoms with Gasteiger partial charge in [-0.05, 0) is 79.2 Å². The summed E-state index contributed by atoms with van der Waals surface area (Å²) in [5.41, 5.74) is 3.63. The van der Waals surface area contributed by atoms with Gasteiger partial charge in [-0.2, -0.15) is 13.2 Å². The third-order valence-corrected chi connectivity index (χ3v) is 7.60. The van der Waals surface area contributed by atoms with Crippen LogP contribution in [0.3, 0.4) is 0 Å². The first-order valence-corrected chi connectivity index (χ1v) is 12.3. The monoisotopic (exact) mass is 482 g/mol. The number of ether oxygens (including phenoxy) is 1. The maximum absolute atomic E-state index is 13.7. The second-order valence-electron chi connectivity index (χ2n) is 9.89. The molecule has 1 aromatic heterocycles. The number of benzene rings is 1. The lowest BCUT2D eigenvalue weighted by Gasteiger charge is -2.30. The molecular formula is C26H33F3O3S. The Bertz CT molecular complexity index is 1020. The number of ketones is 1. The molecular weight excluding hydrogens is 449 g/mol. The van der Waals surface area contributed by atoms with Crippen LogP contribution in [0, 0.1) is 12.3 Å². The number of hydrogen-bond donors (Lipinski definition) is 1. The number of halogens is 3. The molecule has 0 saturated carbocycles. The number of hydrogen-bond acceptors (Lipinski definition) is 4. The second-order valence-corrected chi connectivity index (χ2v) is 10.9. The highest BCUT2D eigenvalue weighted by atomic mass is 32.1. The quantitative estimate of drug-likeness (QED) is 0.425. The van der Waals surface area contributed by atoms with Crippen LogP contribution in [0.25, 0.3) is 0 Å². The van der Waals surface area contributed by atoms with Gasteiger partial charge < -0.3 is 9.84 Å². The van der Waals surface area contributed by atoms with E-state index in [1.165, 1.54) is 0 Å². The number of aliphatic hydroxyl groups excluding tert-OH is 1. The molecule has 7 heteroatoms. The molecule has 1 aliphatic carbocycles. The van der Waals surface area contributed by atoms with Crippen LogP contribution < -0.4 is 4.74 Å². The van der Waals surface area contributed by atoms with Crippen LogP contribution in [0.1, 0.15) is 82.9 Å². The zero-order valence-electron chi connectivity index (χ0n) is 20.0. The Hall–Kier alpha value is -1.86. The summed E-state index contributed by atoms with van der Waals surface area (Å²) >= 11 is 0.631. The zero-order chi connectivity index (χ0) is 24.6. The first-order chi connectivity index (χ1) is 15.3. The number of aryl methyl sites for hydroxylation is 3. The van der Waals surface area contributed by atoms with Crippen LogP contribution >= 0.6 is 11.3 Å². The number of thiophene rings is 1. The largest absolute Gasteiger partial charge is 0.490 e. The van der Waals surface area contributed by atoms with E-state index in [-0.39, 0.29) is 29.1 Å². The van der Waals surface area contributed by atoms with E-state index in [0.717, 1.165) is 35.3 Å². The van der Waals surface area contributed by atoms with E-state index in [1.54, 1.807) is 6.92 Å². The van der Waals surface area contributed by atoms with Gasteiger partial charge in [0.25, 0.3) is 0 Å². The molecule has 3 nitrogen and oxygen atoms in total. The number of alkyl halides is 3. The van der Waals surface area contributed by atoms with Crippen LogP contribution in [0.2, 0.25) is 0 Å². The summed E-state index contributed by atoms with van der Waals surface area (Å²) < 4.78 is 46.9. The van der Waals surface area contributed by atoms with E-state index in [2.05, 4.69) is 0 Å². The Balaban J connectivity index is 1.82. The van der Waals surface area contributed by atoms with Gasteiger partial charge in [0.1, 0.15) is 17.2 Å². The van der Waals surface area contributed by atoms with Gasteiger partial charge in [0.15, 0.2) is 5.78 Å². The van der Waals surface area contributed by atoms with Crippen molar-refractivity contribution in [2.75, 3.05) is 6.61 Å². The average Bonchev–Trinajstić information content (AvgIpc) is 3.08. The van der Waals surface area contributed by atoms with Crippen molar-refractivity contribution in [3.63, 3.8) is 0 Å². The van der Waals surface area contributed by atoms with Crippen molar-refractivity contribution in [2.24, 2.45) is 5.41 Å². The minimum absolute atomic E-state index is 0.171. The molecule has 1 N–H and O–H groups in total. The van der Waals surface area contributed by atoms with Gasteiger partial charge in [0, 0.05) is 6.42 Å². The Morgan fingerprint density at radius 1 is 1.27 bits per heavy atom. The van der Waals surface area contributed by atoms with Gasteiger partial charge in [-0.25, -0.2) is 0 Å². The van der Waals surface area contributed by atoms with Crippen molar-refractivity contribution in [1.29, 1.82) is 0 Å². The van der Waals surface area contributed by atoms with Crippen LogP contribution in [0.5, 0.6) is 5.75 Å². The van der Waals surface area contributed by atoms with E-state index in [9.17, 15) is 23.1 Å². The molecule has 0 aliphatic heterocycles. The maximum Gasteiger partial charge on any atom is 0.425 e. The number of rotatable bonds is 8. The van der Waals surface area contributed by atoms with Gasteiger partial charge in [-0.15, -0.1) is 11.3 Å². The molecule has 0 spiro atoms. The summed E-state index contributed by atoms with van der Waals surface area (Å²) in [5.74, 6) is 0.537. The second kappa shape index (κ2) is 9.79. The number of carbonyl (C=O) groups is 1. The molecule has 0 bridgehead atoms. The topological polar surface area (TPSA) is 46.5 Å². The predicted octanol–water partition coefficient (Wildman–Crippen LogP) is 6.73. The van der Waals surface area contributed by atoms with E-state index in [1.807, 2.05) is 39.8 Å². The predicted molar refractivity (Wildman–Crippen MR) is 126 cm³/mol. The Morgan fingerprint density at radius 3 is 2.58 bits per heavy atom. The standard InChI is InChI=1S/C26H33F3O3S/c1-6-18-12-17(11-15(2)22(18)32-14-16(3)30)7-8-21(31)23-19-9-10-25(4,5)13-20(19)24(33-23)26(27,28)29/h11-12,16,30H,6-10,13-14H2,1-5H3. The molecule has 2 aromatic rings. The number of aliphatic hydroxyl groups is 1. The van der Waals surface area contributed by atoms with Crippen molar-refractivity contribution in [3.05, 3.63) is 49.7 Å². The number of Topliss-reactive ketones (excluding diaryl/α,β-unsaturated/α-hetero) is 1. The molecule has 3 rings (SSSR count). The highest BCUT2D eigenvalue weighted by Gasteiger charge is 2.42. The minimum atomic E-state index is -4.43. The summed E-state index contributed by atoms with van der Waals surface area (Å²) in [7, 11) is 0. The smallest absolute Gasteiger partial charge is 0.425 e. The lowest BCUT2D eigenvalue weighted by molar-refractivity contribution is -0.135. The maximum atomic E-state index is 13.7. The normalized spacial score (nSPS) is 16.4. The molecule has 0 fully saturated rings. The highest BCUT2D eigenvalue weighted by Crippen LogP contribution is 2.47. The van der Waals surface area contributed by atoms with E-state index < -0.39 is 17.2 Å². The van der Waals surface area contributed by atoms with E-state index >= 15 is 0 Å². The Morgan fingerprint density at radius 2 is 1.97 bits per heavy atom. The van der Waals surface area contributed by atoms with Crippen molar-refractivity contribution < 1.29 is 27.8 Å². The summed E-state index contributed by atoms with van der Waals surface area (Å²) in [6.45, 7) is 9.77. The molecule has 1 heterocycles. The fourth-order valence-electron chi connectivity index (χ4n) is 4.55. The number of carbonyl (C=O) groups excluding carboxylic acids is 1. The van der Waals surface area contributed by atoms with Gasteiger partial charge in [0.2, 0.25) is 0 Å². The fraction of sp³-hybridized carbons (Fsp3) is 0.577. The molecule has 182 valence electrons. The van der Waals surface area contributed by atoms with Crippen molar-refractivity contribution in [1.82, 2.24) is 0 Å². The molecule has 1 aliphatic rings. The summed E-state index contributed by atoms with van der Waals surface area (Å²) in [6, 6.07) is 3.95. The first-order valence-electron chi connectivity index (χ1n) is 11.5. The Kier molecular flexibility index (Phi) is 7.64. The third-order valence-electron chi connectivity index (χ3n) is 6.24. The minimum Gasteiger partial charge on any atom is -0.490 e. The number of fused-ring (bicyclic) bond motifs is 1. The first kappa shape index (κ1) is 25.8. The molecule has 33 heavy (non-hydrogen) atoms. The lowest BCUT2D eigenvalue weighted by atomic mass is 9.74. The lowest BCUT2D eigenvalue weighted by Crippen LogP contribution is -2.24. The summed E-state index contributed by atoms with van der Waals surface area (Å²) in [5, 5.41) is 9.51. The molecule has 0 saturated heterocycles. The summed E-state index contributed by atoms with van der Waals surface area (Å²) in [4.78, 5) is 12.8. The third kappa shape index (κ3) is 5.99.